The fourth-order valence-corrected chi connectivity index (χ4v) is 2.58. The maximum absolute atomic E-state index is 9.90. The standard InChI is InChI=1S/C16H18N2O/c1-17-10-11-18(15-8-4-3-7-14(15)17)12-13-6-2-5-9-16(13)19/h2-9,19H,10-12H2,1H3. The van der Waals surface area contributed by atoms with Gasteiger partial charge < -0.3 is 14.9 Å². The van der Waals surface area contributed by atoms with Crippen LogP contribution in [-0.4, -0.2) is 25.2 Å². The van der Waals surface area contributed by atoms with Crippen LogP contribution in [0.3, 0.4) is 0 Å². The van der Waals surface area contributed by atoms with Crippen molar-refractivity contribution in [3.63, 3.8) is 0 Å². The quantitative estimate of drug-likeness (QED) is 0.892. The average molecular weight is 254 g/mol. The van der Waals surface area contributed by atoms with E-state index in [0.717, 1.165) is 25.2 Å². The highest BCUT2D eigenvalue weighted by Crippen LogP contribution is 2.33. The van der Waals surface area contributed by atoms with E-state index in [1.54, 1.807) is 6.07 Å². The van der Waals surface area contributed by atoms with Crippen LogP contribution in [0.5, 0.6) is 5.75 Å². The van der Waals surface area contributed by atoms with Crippen LogP contribution in [0.25, 0.3) is 0 Å². The first kappa shape index (κ1) is 11.9. The smallest absolute Gasteiger partial charge is 0.120 e. The first-order valence-corrected chi connectivity index (χ1v) is 6.57. The van der Waals surface area contributed by atoms with Gasteiger partial charge in [-0.25, -0.2) is 0 Å². The molecule has 1 aliphatic heterocycles. The molecule has 2 aromatic carbocycles. The maximum Gasteiger partial charge on any atom is 0.120 e. The molecular formula is C16H18N2O. The van der Waals surface area contributed by atoms with Crippen molar-refractivity contribution < 1.29 is 5.11 Å². The van der Waals surface area contributed by atoms with Crippen LogP contribution in [0, 0.1) is 0 Å². The van der Waals surface area contributed by atoms with Gasteiger partial charge >= 0.3 is 0 Å². The van der Waals surface area contributed by atoms with Crippen molar-refractivity contribution >= 4 is 11.4 Å². The van der Waals surface area contributed by atoms with Gasteiger partial charge in [0, 0.05) is 32.2 Å². The molecule has 3 rings (SSSR count). The Morgan fingerprint density at radius 2 is 1.63 bits per heavy atom. The van der Waals surface area contributed by atoms with E-state index in [0.29, 0.717) is 5.75 Å². The van der Waals surface area contributed by atoms with Crippen LogP contribution in [0.4, 0.5) is 11.4 Å². The molecule has 0 radical (unpaired) electrons. The summed E-state index contributed by atoms with van der Waals surface area (Å²) in [5.41, 5.74) is 3.46. The number of hydrogen-bond donors (Lipinski definition) is 1. The number of benzene rings is 2. The third kappa shape index (κ3) is 2.24. The normalized spacial score (nSPS) is 14.4. The Kier molecular flexibility index (Phi) is 3.03. The third-order valence-corrected chi connectivity index (χ3v) is 3.69. The van der Waals surface area contributed by atoms with Gasteiger partial charge in [-0.1, -0.05) is 30.3 Å². The van der Waals surface area contributed by atoms with Gasteiger partial charge in [0.05, 0.1) is 11.4 Å². The number of phenolic OH excluding ortho intramolecular Hbond substituents is 1. The van der Waals surface area contributed by atoms with Crippen molar-refractivity contribution in [2.75, 3.05) is 29.9 Å². The highest BCUT2D eigenvalue weighted by Gasteiger charge is 2.20. The Bertz CT molecular complexity index is 582. The average Bonchev–Trinajstić information content (AvgIpc) is 2.44. The molecule has 19 heavy (non-hydrogen) atoms. The van der Waals surface area contributed by atoms with Crippen LogP contribution >= 0.6 is 0 Å². The number of fused-ring (bicyclic) bond motifs is 1. The molecule has 0 aromatic heterocycles. The fourth-order valence-electron chi connectivity index (χ4n) is 2.58. The summed E-state index contributed by atoms with van der Waals surface area (Å²) in [6.07, 6.45) is 0. The van der Waals surface area contributed by atoms with Gasteiger partial charge in [0.2, 0.25) is 0 Å². The summed E-state index contributed by atoms with van der Waals surface area (Å²) in [6.45, 7) is 2.73. The van der Waals surface area contributed by atoms with Crippen LogP contribution < -0.4 is 9.80 Å². The minimum atomic E-state index is 0.374. The van der Waals surface area contributed by atoms with Gasteiger partial charge in [-0.05, 0) is 18.2 Å². The first-order chi connectivity index (χ1) is 9.25. The molecule has 0 aliphatic carbocycles. The van der Waals surface area contributed by atoms with Gasteiger partial charge in [0.15, 0.2) is 0 Å². The second-order valence-corrected chi connectivity index (χ2v) is 4.96. The highest BCUT2D eigenvalue weighted by atomic mass is 16.3. The summed E-state index contributed by atoms with van der Waals surface area (Å²) in [6, 6.07) is 16.0. The van der Waals surface area contributed by atoms with E-state index in [4.69, 9.17) is 0 Å². The third-order valence-electron chi connectivity index (χ3n) is 3.69. The number of rotatable bonds is 2. The molecule has 2 aromatic rings. The SMILES string of the molecule is CN1CCN(Cc2ccccc2O)c2ccccc21. The summed E-state index contributed by atoms with van der Waals surface area (Å²) in [5, 5.41) is 9.90. The Labute approximate surface area is 113 Å². The zero-order valence-electron chi connectivity index (χ0n) is 11.1. The topological polar surface area (TPSA) is 26.7 Å². The summed E-state index contributed by atoms with van der Waals surface area (Å²) < 4.78 is 0. The Balaban J connectivity index is 1.91. The van der Waals surface area contributed by atoms with Gasteiger partial charge in [-0.15, -0.1) is 0 Å². The zero-order chi connectivity index (χ0) is 13.2. The summed E-state index contributed by atoms with van der Waals surface area (Å²) in [4.78, 5) is 4.60. The van der Waals surface area contributed by atoms with E-state index >= 15 is 0 Å². The van der Waals surface area contributed by atoms with Crippen molar-refractivity contribution in [1.82, 2.24) is 0 Å². The van der Waals surface area contributed by atoms with Crippen molar-refractivity contribution in [2.24, 2.45) is 0 Å². The molecule has 0 saturated carbocycles. The van der Waals surface area contributed by atoms with Crippen molar-refractivity contribution in [3.8, 4) is 5.75 Å². The van der Waals surface area contributed by atoms with Crippen LogP contribution in [-0.2, 0) is 6.54 Å². The van der Waals surface area contributed by atoms with Crippen LogP contribution in [0.2, 0.25) is 0 Å². The summed E-state index contributed by atoms with van der Waals surface area (Å²) >= 11 is 0. The number of likely N-dealkylation sites (N-methyl/N-ethyl adjacent to an activating group) is 1. The molecule has 1 N–H and O–H groups in total. The number of para-hydroxylation sites is 3. The van der Waals surface area contributed by atoms with Gasteiger partial charge in [-0.3, -0.25) is 0 Å². The van der Waals surface area contributed by atoms with E-state index in [-0.39, 0.29) is 0 Å². The van der Waals surface area contributed by atoms with Crippen molar-refractivity contribution in [3.05, 3.63) is 54.1 Å². The second kappa shape index (κ2) is 4.84. The molecule has 3 heteroatoms. The number of hydrogen-bond acceptors (Lipinski definition) is 3. The predicted octanol–water partition coefficient (Wildman–Crippen LogP) is 2.85. The number of phenols is 1. The van der Waals surface area contributed by atoms with E-state index in [1.165, 1.54) is 11.4 Å². The van der Waals surface area contributed by atoms with Gasteiger partial charge in [0.25, 0.3) is 0 Å². The monoisotopic (exact) mass is 254 g/mol. The summed E-state index contributed by atoms with van der Waals surface area (Å²) in [5.74, 6) is 0.374. The van der Waals surface area contributed by atoms with Gasteiger partial charge in [0.1, 0.15) is 5.75 Å². The summed E-state index contributed by atoms with van der Waals surface area (Å²) in [7, 11) is 2.12. The lowest BCUT2D eigenvalue weighted by molar-refractivity contribution is 0.467. The molecule has 1 aliphatic rings. The Morgan fingerprint density at radius 1 is 0.947 bits per heavy atom. The molecule has 0 bridgehead atoms. The maximum atomic E-state index is 9.90. The molecule has 98 valence electrons. The molecule has 0 atom stereocenters. The van der Waals surface area contributed by atoms with E-state index in [1.807, 2.05) is 18.2 Å². The minimum Gasteiger partial charge on any atom is -0.508 e. The number of nitrogens with zero attached hydrogens (tertiary/aromatic N) is 2. The Morgan fingerprint density at radius 3 is 2.42 bits per heavy atom. The van der Waals surface area contributed by atoms with Gasteiger partial charge in [-0.2, -0.15) is 0 Å². The van der Waals surface area contributed by atoms with Crippen molar-refractivity contribution in [1.29, 1.82) is 0 Å². The molecule has 0 unspecified atom stereocenters. The molecule has 0 spiro atoms. The first-order valence-electron chi connectivity index (χ1n) is 6.57. The second-order valence-electron chi connectivity index (χ2n) is 4.96. The number of aromatic hydroxyl groups is 1. The fraction of sp³-hybridized carbons (Fsp3) is 0.250. The van der Waals surface area contributed by atoms with Crippen LogP contribution in [0.1, 0.15) is 5.56 Å². The largest absolute Gasteiger partial charge is 0.508 e. The highest BCUT2D eigenvalue weighted by molar-refractivity contribution is 5.73. The molecule has 0 fully saturated rings. The molecule has 0 saturated heterocycles. The lowest BCUT2D eigenvalue weighted by Crippen LogP contribution is -2.38. The molecular weight excluding hydrogens is 236 g/mol. The minimum absolute atomic E-state index is 0.374. The van der Waals surface area contributed by atoms with E-state index in [2.05, 4.69) is 41.1 Å². The molecule has 1 heterocycles. The predicted molar refractivity (Wildman–Crippen MR) is 78.9 cm³/mol. The van der Waals surface area contributed by atoms with E-state index in [9.17, 15) is 5.11 Å². The molecule has 0 amide bonds. The van der Waals surface area contributed by atoms with E-state index < -0.39 is 0 Å². The zero-order valence-corrected chi connectivity index (χ0v) is 11.1. The Hall–Kier alpha value is -2.16. The van der Waals surface area contributed by atoms with Crippen molar-refractivity contribution in [2.45, 2.75) is 6.54 Å². The lowest BCUT2D eigenvalue weighted by Gasteiger charge is -2.37. The lowest BCUT2D eigenvalue weighted by atomic mass is 10.1. The number of anilines is 2. The molecule has 3 nitrogen and oxygen atoms in total. The van der Waals surface area contributed by atoms with Crippen LogP contribution in [0.15, 0.2) is 48.5 Å².